The average Bonchev–Trinajstić information content (AvgIpc) is 2.75. The number of hydrogen-bond acceptors (Lipinski definition) is 5. The molecule has 0 saturated carbocycles. The van der Waals surface area contributed by atoms with E-state index in [0.717, 1.165) is 10.6 Å². The van der Waals surface area contributed by atoms with Crippen LogP contribution in [0.5, 0.6) is 0 Å². The normalized spacial score (nSPS) is 29.0. The van der Waals surface area contributed by atoms with Gasteiger partial charge in [0.2, 0.25) is 0 Å². The summed E-state index contributed by atoms with van der Waals surface area (Å²) in [6, 6.07) is 1.12. The monoisotopic (exact) mass is 374 g/mol. The number of alkyl halides is 1. The summed E-state index contributed by atoms with van der Waals surface area (Å²) in [5, 5.41) is 9.87. The van der Waals surface area contributed by atoms with E-state index in [2.05, 4.69) is 4.98 Å². The SMILES string of the molecule is C[C@@H](O)C1O[C@@H](n2ccc(=O)[nH]c2=O)[C@H](F)[C@H]1O[Si](C)(C)C(C)(C)C. The quantitative estimate of drug-likeness (QED) is 0.780. The molecular formula is C16H27FN2O5Si. The molecule has 0 spiro atoms. The molecule has 5 atom stereocenters. The first-order valence-electron chi connectivity index (χ1n) is 8.32. The minimum atomic E-state index is -2.33. The van der Waals surface area contributed by atoms with Gasteiger partial charge in [-0.05, 0) is 25.1 Å². The van der Waals surface area contributed by atoms with Crippen molar-refractivity contribution in [3.05, 3.63) is 33.1 Å². The molecule has 2 rings (SSSR count). The molecule has 142 valence electrons. The van der Waals surface area contributed by atoms with Crippen molar-refractivity contribution in [3.8, 4) is 0 Å². The molecule has 1 fully saturated rings. The number of aromatic nitrogens is 2. The van der Waals surface area contributed by atoms with Gasteiger partial charge in [-0.1, -0.05) is 20.8 Å². The largest absolute Gasteiger partial charge is 0.408 e. The van der Waals surface area contributed by atoms with Crippen LogP contribution in [-0.4, -0.2) is 47.5 Å². The molecule has 2 N–H and O–H groups in total. The highest BCUT2D eigenvalue weighted by Gasteiger charge is 2.52. The van der Waals surface area contributed by atoms with Gasteiger partial charge in [-0.3, -0.25) is 14.3 Å². The van der Waals surface area contributed by atoms with Gasteiger partial charge in [-0.15, -0.1) is 0 Å². The fourth-order valence-corrected chi connectivity index (χ4v) is 3.84. The Balaban J connectivity index is 2.37. The lowest BCUT2D eigenvalue weighted by molar-refractivity contribution is -0.0768. The Hall–Kier alpha value is -1.29. The fraction of sp³-hybridized carbons (Fsp3) is 0.750. The zero-order valence-corrected chi connectivity index (χ0v) is 16.4. The van der Waals surface area contributed by atoms with E-state index in [4.69, 9.17) is 9.16 Å². The van der Waals surface area contributed by atoms with Crippen molar-refractivity contribution in [3.63, 3.8) is 0 Å². The molecule has 1 aromatic heterocycles. The second-order valence-corrected chi connectivity index (χ2v) is 12.8. The third-order valence-electron chi connectivity index (χ3n) is 5.04. The Labute approximate surface area is 146 Å². The van der Waals surface area contributed by atoms with Gasteiger partial charge in [0.15, 0.2) is 20.7 Å². The summed E-state index contributed by atoms with van der Waals surface area (Å²) in [7, 11) is -2.33. The number of halogens is 1. The van der Waals surface area contributed by atoms with E-state index in [-0.39, 0.29) is 5.04 Å². The van der Waals surface area contributed by atoms with Gasteiger partial charge in [-0.2, -0.15) is 0 Å². The minimum absolute atomic E-state index is 0.150. The minimum Gasteiger partial charge on any atom is -0.408 e. The standard InChI is InChI=1S/C16H27FN2O5Si/c1-9(20)12-13(24-25(5,6)16(2,3)4)11(17)14(23-12)19-8-7-10(21)18-15(19)22/h7-9,11-14,20H,1-6H3,(H,18,21,22)/t9-,11-,12?,13-,14-/m1/s1. The summed E-state index contributed by atoms with van der Waals surface area (Å²) in [4.78, 5) is 25.3. The first kappa shape index (κ1) is 20.0. The maximum absolute atomic E-state index is 15.2. The average molecular weight is 374 g/mol. The van der Waals surface area contributed by atoms with Crippen LogP contribution in [0.4, 0.5) is 4.39 Å². The lowest BCUT2D eigenvalue weighted by Gasteiger charge is -2.40. The third kappa shape index (κ3) is 3.94. The Morgan fingerprint density at radius 3 is 2.48 bits per heavy atom. The van der Waals surface area contributed by atoms with Crippen molar-refractivity contribution >= 4 is 8.32 Å². The number of H-pyrrole nitrogens is 1. The highest BCUT2D eigenvalue weighted by molar-refractivity contribution is 6.74. The van der Waals surface area contributed by atoms with Crippen molar-refractivity contribution < 1.29 is 18.7 Å². The van der Waals surface area contributed by atoms with Crippen LogP contribution in [0.15, 0.2) is 21.9 Å². The molecule has 0 amide bonds. The molecule has 2 heterocycles. The second-order valence-electron chi connectivity index (χ2n) is 8.04. The topological polar surface area (TPSA) is 93.5 Å². The first-order valence-corrected chi connectivity index (χ1v) is 11.2. The van der Waals surface area contributed by atoms with Gasteiger partial charge < -0.3 is 14.3 Å². The van der Waals surface area contributed by atoms with E-state index in [1.54, 1.807) is 0 Å². The molecule has 1 unspecified atom stereocenters. The van der Waals surface area contributed by atoms with Crippen molar-refractivity contribution in [2.24, 2.45) is 0 Å². The lowest BCUT2D eigenvalue weighted by atomic mass is 10.1. The number of aromatic amines is 1. The summed E-state index contributed by atoms with van der Waals surface area (Å²) >= 11 is 0. The zero-order chi connectivity index (χ0) is 19.2. The van der Waals surface area contributed by atoms with Gasteiger partial charge in [0, 0.05) is 12.3 Å². The second kappa shape index (κ2) is 6.79. The number of aliphatic hydroxyl groups excluding tert-OH is 1. The molecule has 0 radical (unpaired) electrons. The number of nitrogens with zero attached hydrogens (tertiary/aromatic N) is 1. The van der Waals surface area contributed by atoms with Crippen LogP contribution in [0.2, 0.25) is 18.1 Å². The molecule has 1 aromatic rings. The molecular weight excluding hydrogens is 347 g/mol. The van der Waals surface area contributed by atoms with Gasteiger partial charge in [-0.25, -0.2) is 9.18 Å². The smallest absolute Gasteiger partial charge is 0.330 e. The van der Waals surface area contributed by atoms with Crippen LogP contribution in [0.1, 0.15) is 33.9 Å². The van der Waals surface area contributed by atoms with E-state index in [1.165, 1.54) is 13.1 Å². The highest BCUT2D eigenvalue weighted by Crippen LogP contribution is 2.42. The summed E-state index contributed by atoms with van der Waals surface area (Å²) in [5.41, 5.74) is -1.34. The maximum Gasteiger partial charge on any atom is 0.330 e. The lowest BCUT2D eigenvalue weighted by Crippen LogP contribution is -2.50. The molecule has 0 aromatic carbocycles. The zero-order valence-electron chi connectivity index (χ0n) is 15.4. The van der Waals surface area contributed by atoms with Crippen molar-refractivity contribution in [2.75, 3.05) is 0 Å². The molecule has 0 bridgehead atoms. The number of ether oxygens (including phenoxy) is 1. The number of hydrogen-bond donors (Lipinski definition) is 2. The summed E-state index contributed by atoms with van der Waals surface area (Å²) in [6.07, 6.45) is -4.61. The van der Waals surface area contributed by atoms with E-state index in [9.17, 15) is 14.7 Å². The number of aliphatic hydroxyl groups is 1. The maximum atomic E-state index is 15.2. The van der Waals surface area contributed by atoms with Gasteiger partial charge in [0.1, 0.15) is 12.2 Å². The van der Waals surface area contributed by atoms with E-state index in [1.807, 2.05) is 33.9 Å². The Morgan fingerprint density at radius 2 is 2.00 bits per heavy atom. The molecule has 1 aliphatic heterocycles. The Bertz CT molecular complexity index is 724. The summed E-state index contributed by atoms with van der Waals surface area (Å²) in [6.45, 7) is 11.6. The van der Waals surface area contributed by atoms with Gasteiger partial charge in [0.05, 0.1) is 6.10 Å². The van der Waals surface area contributed by atoms with E-state index in [0.29, 0.717) is 0 Å². The molecule has 1 aliphatic rings. The Kier molecular flexibility index (Phi) is 5.44. The van der Waals surface area contributed by atoms with Crippen LogP contribution in [-0.2, 0) is 9.16 Å². The number of rotatable bonds is 4. The third-order valence-corrected chi connectivity index (χ3v) is 9.52. The predicted octanol–water partition coefficient (Wildman–Crippen LogP) is 1.54. The van der Waals surface area contributed by atoms with Gasteiger partial charge >= 0.3 is 5.69 Å². The molecule has 25 heavy (non-hydrogen) atoms. The molecule has 9 heteroatoms. The van der Waals surface area contributed by atoms with Crippen LogP contribution in [0.3, 0.4) is 0 Å². The van der Waals surface area contributed by atoms with Gasteiger partial charge in [0.25, 0.3) is 5.56 Å². The van der Waals surface area contributed by atoms with Crippen LogP contribution < -0.4 is 11.2 Å². The molecule has 0 aliphatic carbocycles. The van der Waals surface area contributed by atoms with E-state index < -0.39 is 50.3 Å². The summed E-state index contributed by atoms with van der Waals surface area (Å²) in [5.74, 6) is 0. The molecule has 7 nitrogen and oxygen atoms in total. The predicted molar refractivity (Wildman–Crippen MR) is 93.9 cm³/mol. The van der Waals surface area contributed by atoms with E-state index >= 15 is 4.39 Å². The number of nitrogens with one attached hydrogen (secondary N) is 1. The summed E-state index contributed by atoms with van der Waals surface area (Å²) < 4.78 is 27.9. The van der Waals surface area contributed by atoms with Crippen molar-refractivity contribution in [2.45, 2.75) is 76.5 Å². The van der Waals surface area contributed by atoms with Crippen LogP contribution in [0.25, 0.3) is 0 Å². The Morgan fingerprint density at radius 1 is 1.40 bits per heavy atom. The van der Waals surface area contributed by atoms with Crippen molar-refractivity contribution in [1.29, 1.82) is 0 Å². The fourth-order valence-electron chi connectivity index (χ4n) is 2.54. The van der Waals surface area contributed by atoms with Crippen LogP contribution >= 0.6 is 0 Å². The van der Waals surface area contributed by atoms with Crippen molar-refractivity contribution in [1.82, 2.24) is 9.55 Å². The first-order chi connectivity index (χ1) is 11.3. The highest BCUT2D eigenvalue weighted by atomic mass is 28.4. The molecule has 1 saturated heterocycles. The van der Waals surface area contributed by atoms with Crippen LogP contribution in [0, 0.1) is 0 Å².